The van der Waals surface area contributed by atoms with Crippen molar-refractivity contribution in [3.63, 3.8) is 0 Å². The number of rotatable bonds is 3. The fourth-order valence-corrected chi connectivity index (χ4v) is 1.05. The second-order valence-electron chi connectivity index (χ2n) is 2.59. The van der Waals surface area contributed by atoms with E-state index in [-0.39, 0.29) is 12.8 Å². The van der Waals surface area contributed by atoms with Crippen molar-refractivity contribution in [2.45, 2.75) is 12.8 Å². The molecule has 0 bridgehead atoms. The van der Waals surface area contributed by atoms with Crippen LogP contribution in [0.3, 0.4) is 0 Å². The van der Waals surface area contributed by atoms with Crippen LogP contribution in [0.2, 0.25) is 5.02 Å². The Morgan fingerprint density at radius 2 is 2.36 bits per heavy atom. The van der Waals surface area contributed by atoms with Gasteiger partial charge in [-0.25, -0.2) is 0 Å². The van der Waals surface area contributed by atoms with Crippen LogP contribution in [0.5, 0.6) is 5.75 Å². The Bertz CT molecular complexity index is 371. The predicted molar refractivity (Wildman–Crippen MR) is 51.9 cm³/mol. The van der Waals surface area contributed by atoms with E-state index in [1.807, 2.05) is 6.07 Å². The highest BCUT2D eigenvalue weighted by Gasteiger charge is 2.03. The molecule has 0 aromatic heterocycles. The molecule has 0 heterocycles. The van der Waals surface area contributed by atoms with Gasteiger partial charge in [-0.05, 0) is 18.2 Å². The first-order valence-electron chi connectivity index (χ1n) is 4.05. The van der Waals surface area contributed by atoms with Crippen molar-refractivity contribution in [2.24, 2.45) is 0 Å². The van der Waals surface area contributed by atoms with Gasteiger partial charge in [0.15, 0.2) is 0 Å². The summed E-state index contributed by atoms with van der Waals surface area (Å²) in [5, 5.41) is 8.76. The van der Waals surface area contributed by atoms with Gasteiger partial charge in [-0.15, -0.1) is 0 Å². The number of halogens is 1. The number of carbonyl (C=O) groups is 1. The zero-order chi connectivity index (χ0) is 10.4. The molecule has 0 radical (unpaired) electrons. The highest BCUT2D eigenvalue weighted by atomic mass is 35.5. The van der Waals surface area contributed by atoms with Gasteiger partial charge in [-0.1, -0.05) is 17.7 Å². The summed E-state index contributed by atoms with van der Waals surface area (Å²) in [7, 11) is 0. The molecule has 1 rings (SSSR count). The molecule has 72 valence electrons. The minimum atomic E-state index is -0.422. The first-order valence-corrected chi connectivity index (χ1v) is 4.43. The molecule has 1 aromatic rings. The van der Waals surface area contributed by atoms with Gasteiger partial charge in [0.25, 0.3) is 0 Å². The van der Waals surface area contributed by atoms with Crippen molar-refractivity contribution in [3.05, 3.63) is 29.3 Å². The lowest BCUT2D eigenvalue weighted by Gasteiger charge is -2.02. The third kappa shape index (κ3) is 3.46. The van der Waals surface area contributed by atoms with E-state index in [9.17, 15) is 4.79 Å². The van der Waals surface area contributed by atoms with E-state index in [4.69, 9.17) is 21.6 Å². The molecule has 1 aromatic carbocycles. The van der Waals surface area contributed by atoms with E-state index in [1.165, 1.54) is 0 Å². The molecule has 3 nitrogen and oxygen atoms in total. The van der Waals surface area contributed by atoms with Gasteiger partial charge in [0.05, 0.1) is 12.5 Å². The Kier molecular flexibility index (Phi) is 3.96. The summed E-state index contributed by atoms with van der Waals surface area (Å²) in [4.78, 5) is 11.1. The van der Waals surface area contributed by atoms with Crippen LogP contribution in [-0.4, -0.2) is 5.97 Å². The van der Waals surface area contributed by atoms with Gasteiger partial charge in [0.1, 0.15) is 5.75 Å². The van der Waals surface area contributed by atoms with Gasteiger partial charge >= 0.3 is 5.97 Å². The van der Waals surface area contributed by atoms with Gasteiger partial charge < -0.3 is 4.74 Å². The number of hydrogen-bond acceptors (Lipinski definition) is 3. The molecule has 14 heavy (non-hydrogen) atoms. The Labute approximate surface area is 86.9 Å². The Morgan fingerprint density at radius 3 is 3.00 bits per heavy atom. The van der Waals surface area contributed by atoms with Crippen LogP contribution < -0.4 is 4.74 Å². The molecule has 0 unspecified atom stereocenters. The maximum absolute atomic E-state index is 11.1. The third-order valence-electron chi connectivity index (χ3n) is 1.47. The van der Waals surface area contributed by atoms with E-state index in [2.05, 4.69) is 0 Å². The zero-order valence-electron chi connectivity index (χ0n) is 7.37. The summed E-state index contributed by atoms with van der Waals surface area (Å²) in [6.45, 7) is 0. The SMILES string of the molecule is N#CCCC(=O)Oc1cccc(Cl)c1. The summed E-state index contributed by atoms with van der Waals surface area (Å²) in [6, 6.07) is 8.43. The Morgan fingerprint density at radius 1 is 1.57 bits per heavy atom. The normalized spacial score (nSPS) is 9.14. The summed E-state index contributed by atoms with van der Waals surface area (Å²) in [5.74, 6) is -0.0192. The minimum Gasteiger partial charge on any atom is -0.426 e. The molecule has 0 N–H and O–H groups in total. The van der Waals surface area contributed by atoms with Crippen molar-refractivity contribution < 1.29 is 9.53 Å². The van der Waals surface area contributed by atoms with Crippen molar-refractivity contribution in [2.75, 3.05) is 0 Å². The second kappa shape index (κ2) is 5.25. The molecule has 0 saturated carbocycles. The number of nitriles is 1. The summed E-state index contributed by atoms with van der Waals surface area (Å²) >= 11 is 5.69. The smallest absolute Gasteiger partial charge is 0.312 e. The molecule has 0 spiro atoms. The van der Waals surface area contributed by atoms with Crippen molar-refractivity contribution >= 4 is 17.6 Å². The number of benzene rings is 1. The highest BCUT2D eigenvalue weighted by molar-refractivity contribution is 6.30. The number of esters is 1. The van der Waals surface area contributed by atoms with Gasteiger partial charge in [-0.2, -0.15) is 5.26 Å². The standard InChI is InChI=1S/C10H8ClNO2/c11-8-3-1-4-9(7-8)14-10(13)5-2-6-12/h1,3-4,7H,2,5H2. The molecule has 0 aliphatic rings. The number of nitrogens with zero attached hydrogens (tertiary/aromatic N) is 1. The molecular formula is C10H8ClNO2. The lowest BCUT2D eigenvalue weighted by Crippen LogP contribution is -2.06. The van der Waals surface area contributed by atoms with E-state index >= 15 is 0 Å². The first kappa shape index (κ1) is 10.6. The van der Waals surface area contributed by atoms with Crippen LogP contribution in [0, 0.1) is 11.3 Å². The van der Waals surface area contributed by atoms with Crippen molar-refractivity contribution in [1.82, 2.24) is 0 Å². The average Bonchev–Trinajstić information content (AvgIpc) is 2.15. The average molecular weight is 210 g/mol. The monoisotopic (exact) mass is 209 g/mol. The number of hydrogen-bond donors (Lipinski definition) is 0. The fraction of sp³-hybridized carbons (Fsp3) is 0.200. The molecule has 4 heteroatoms. The topological polar surface area (TPSA) is 50.1 Å². The highest BCUT2D eigenvalue weighted by Crippen LogP contribution is 2.17. The van der Waals surface area contributed by atoms with E-state index in [0.29, 0.717) is 10.8 Å². The summed E-state index contributed by atoms with van der Waals surface area (Å²) in [6.07, 6.45) is 0.266. The summed E-state index contributed by atoms with van der Waals surface area (Å²) < 4.78 is 4.92. The predicted octanol–water partition coefficient (Wildman–Crippen LogP) is 2.55. The van der Waals surface area contributed by atoms with Crippen LogP contribution >= 0.6 is 11.6 Å². The summed E-state index contributed by atoms with van der Waals surface area (Å²) in [5.41, 5.74) is 0. The number of ether oxygens (including phenoxy) is 1. The van der Waals surface area contributed by atoms with Gasteiger partial charge in [-0.3, -0.25) is 4.79 Å². The molecule has 0 aliphatic heterocycles. The Balaban J connectivity index is 2.53. The van der Waals surface area contributed by atoms with Crippen LogP contribution in [0.1, 0.15) is 12.8 Å². The molecule has 0 amide bonds. The minimum absolute atomic E-state index is 0.100. The van der Waals surface area contributed by atoms with Crippen LogP contribution in [0.4, 0.5) is 0 Å². The van der Waals surface area contributed by atoms with Crippen LogP contribution in [-0.2, 0) is 4.79 Å². The molecule has 0 atom stereocenters. The first-order chi connectivity index (χ1) is 6.72. The van der Waals surface area contributed by atoms with Crippen molar-refractivity contribution in [3.8, 4) is 11.8 Å². The second-order valence-corrected chi connectivity index (χ2v) is 3.03. The zero-order valence-corrected chi connectivity index (χ0v) is 8.12. The molecule has 0 fully saturated rings. The molecule has 0 saturated heterocycles. The van der Waals surface area contributed by atoms with Crippen LogP contribution in [0.25, 0.3) is 0 Å². The van der Waals surface area contributed by atoms with Crippen LogP contribution in [0.15, 0.2) is 24.3 Å². The van der Waals surface area contributed by atoms with Gasteiger partial charge in [0.2, 0.25) is 0 Å². The molecule has 0 aliphatic carbocycles. The maximum Gasteiger partial charge on any atom is 0.312 e. The third-order valence-corrected chi connectivity index (χ3v) is 1.70. The fourth-order valence-electron chi connectivity index (χ4n) is 0.871. The largest absolute Gasteiger partial charge is 0.426 e. The quantitative estimate of drug-likeness (QED) is 0.568. The van der Waals surface area contributed by atoms with E-state index in [1.54, 1.807) is 24.3 Å². The van der Waals surface area contributed by atoms with Gasteiger partial charge in [0, 0.05) is 11.4 Å². The lowest BCUT2D eigenvalue weighted by atomic mass is 10.3. The lowest BCUT2D eigenvalue weighted by molar-refractivity contribution is -0.134. The van der Waals surface area contributed by atoms with E-state index in [0.717, 1.165) is 0 Å². The van der Waals surface area contributed by atoms with E-state index < -0.39 is 5.97 Å². The maximum atomic E-state index is 11.1. The van der Waals surface area contributed by atoms with Crippen molar-refractivity contribution in [1.29, 1.82) is 5.26 Å². The number of carbonyl (C=O) groups excluding carboxylic acids is 1. The molecular weight excluding hydrogens is 202 g/mol. The Hall–Kier alpha value is -1.53.